The lowest BCUT2D eigenvalue weighted by atomic mass is 10.1. The second-order valence-corrected chi connectivity index (χ2v) is 5.51. The number of hydrogen-bond acceptors (Lipinski definition) is 3. The molecule has 0 spiro atoms. The van der Waals surface area contributed by atoms with Gasteiger partial charge in [0.15, 0.2) is 0 Å². The van der Waals surface area contributed by atoms with E-state index < -0.39 is 0 Å². The van der Waals surface area contributed by atoms with Crippen LogP contribution in [0.4, 0.5) is 0 Å². The van der Waals surface area contributed by atoms with Gasteiger partial charge in [-0.15, -0.1) is 0 Å². The van der Waals surface area contributed by atoms with Crippen LogP contribution in [0.2, 0.25) is 10.0 Å². The second kappa shape index (κ2) is 6.98. The van der Waals surface area contributed by atoms with Crippen molar-refractivity contribution in [3.05, 3.63) is 57.6 Å². The summed E-state index contributed by atoms with van der Waals surface area (Å²) in [7, 11) is 1.60. The Morgan fingerprint density at radius 1 is 1.14 bits per heavy atom. The van der Waals surface area contributed by atoms with Crippen molar-refractivity contribution < 1.29 is 9.47 Å². The quantitative estimate of drug-likeness (QED) is 0.827. The van der Waals surface area contributed by atoms with E-state index in [-0.39, 0.29) is 0 Å². The van der Waals surface area contributed by atoms with E-state index in [9.17, 15) is 0 Å². The normalized spacial score (nSPS) is 10.2. The lowest BCUT2D eigenvalue weighted by Gasteiger charge is -2.12. The van der Waals surface area contributed by atoms with Gasteiger partial charge in [-0.25, -0.2) is 0 Å². The van der Waals surface area contributed by atoms with Gasteiger partial charge in [-0.2, -0.15) is 0 Å². The maximum atomic E-state index is 5.95. The molecule has 0 saturated heterocycles. The van der Waals surface area contributed by atoms with Gasteiger partial charge in [-0.05, 0) is 30.3 Å². The van der Waals surface area contributed by atoms with Crippen LogP contribution in [0.25, 0.3) is 0 Å². The molecule has 2 N–H and O–H groups in total. The van der Waals surface area contributed by atoms with Crippen LogP contribution in [-0.2, 0) is 6.61 Å². The molecule has 0 amide bonds. The zero-order chi connectivity index (χ0) is 15.4. The van der Waals surface area contributed by atoms with Crippen molar-refractivity contribution in [3.63, 3.8) is 0 Å². The highest BCUT2D eigenvalue weighted by Gasteiger charge is 2.08. The molecule has 0 fully saturated rings. The lowest BCUT2D eigenvalue weighted by Crippen LogP contribution is -2.10. The standard InChI is InChI=1S/C15H13Cl2NO2S/c1-19-14-5-2-9(15(18)21)6-10(14)8-20-11-3-4-12(16)13(17)7-11/h2-7H,8H2,1H3,(H2,18,21). The second-order valence-electron chi connectivity index (χ2n) is 4.26. The van der Waals surface area contributed by atoms with Gasteiger partial charge in [0.05, 0.1) is 17.2 Å². The fraction of sp³-hybridized carbons (Fsp3) is 0.133. The van der Waals surface area contributed by atoms with Gasteiger partial charge in [-0.1, -0.05) is 35.4 Å². The fourth-order valence-corrected chi connectivity index (χ4v) is 2.19. The monoisotopic (exact) mass is 341 g/mol. The van der Waals surface area contributed by atoms with E-state index in [1.165, 1.54) is 0 Å². The summed E-state index contributed by atoms with van der Waals surface area (Å²) < 4.78 is 11.0. The summed E-state index contributed by atoms with van der Waals surface area (Å²) in [5, 5.41) is 0.926. The molecule has 0 aliphatic heterocycles. The molecule has 2 rings (SSSR count). The zero-order valence-corrected chi connectivity index (χ0v) is 13.6. The van der Waals surface area contributed by atoms with Crippen LogP contribution in [0.15, 0.2) is 36.4 Å². The molecule has 2 aromatic carbocycles. The Morgan fingerprint density at radius 3 is 2.52 bits per heavy atom. The Morgan fingerprint density at radius 2 is 1.90 bits per heavy atom. The van der Waals surface area contributed by atoms with Gasteiger partial charge in [0, 0.05) is 17.2 Å². The van der Waals surface area contributed by atoms with E-state index in [0.29, 0.717) is 33.1 Å². The first kappa shape index (κ1) is 15.9. The fourth-order valence-electron chi connectivity index (χ4n) is 1.77. The summed E-state index contributed by atoms with van der Waals surface area (Å²) in [6.07, 6.45) is 0. The van der Waals surface area contributed by atoms with E-state index in [2.05, 4.69) is 0 Å². The van der Waals surface area contributed by atoms with Crippen molar-refractivity contribution in [1.29, 1.82) is 0 Å². The highest BCUT2D eigenvalue weighted by Crippen LogP contribution is 2.28. The van der Waals surface area contributed by atoms with Gasteiger partial charge in [0.25, 0.3) is 0 Å². The van der Waals surface area contributed by atoms with Gasteiger partial charge >= 0.3 is 0 Å². The first-order chi connectivity index (χ1) is 10.0. The van der Waals surface area contributed by atoms with Gasteiger partial charge < -0.3 is 15.2 Å². The van der Waals surface area contributed by atoms with Crippen LogP contribution in [0.5, 0.6) is 11.5 Å². The molecule has 3 nitrogen and oxygen atoms in total. The predicted molar refractivity (Wildman–Crippen MR) is 89.7 cm³/mol. The molecule has 2 aromatic rings. The summed E-state index contributed by atoms with van der Waals surface area (Å²) in [6.45, 7) is 0.303. The molecule has 0 atom stereocenters. The molecule has 0 aliphatic carbocycles. The number of hydrogen-bond donors (Lipinski definition) is 1. The first-order valence-electron chi connectivity index (χ1n) is 6.06. The third-order valence-electron chi connectivity index (χ3n) is 2.85. The molecular formula is C15H13Cl2NO2S. The topological polar surface area (TPSA) is 44.5 Å². The van der Waals surface area contributed by atoms with Crippen LogP contribution in [0.3, 0.4) is 0 Å². The van der Waals surface area contributed by atoms with Crippen molar-refractivity contribution in [2.75, 3.05) is 7.11 Å². The Labute approximate surface area is 138 Å². The van der Waals surface area contributed by atoms with Crippen molar-refractivity contribution >= 4 is 40.4 Å². The molecule has 0 heterocycles. The lowest BCUT2D eigenvalue weighted by molar-refractivity contribution is 0.296. The van der Waals surface area contributed by atoms with Crippen LogP contribution in [-0.4, -0.2) is 12.1 Å². The van der Waals surface area contributed by atoms with Crippen molar-refractivity contribution in [2.45, 2.75) is 6.61 Å². The van der Waals surface area contributed by atoms with E-state index >= 15 is 0 Å². The van der Waals surface area contributed by atoms with Gasteiger partial charge in [0.2, 0.25) is 0 Å². The molecule has 6 heteroatoms. The number of halogens is 2. The average Bonchev–Trinajstić information content (AvgIpc) is 2.48. The van der Waals surface area contributed by atoms with Crippen LogP contribution < -0.4 is 15.2 Å². The van der Waals surface area contributed by atoms with Crippen molar-refractivity contribution in [3.8, 4) is 11.5 Å². The third kappa shape index (κ3) is 4.00. The Kier molecular flexibility index (Phi) is 5.28. The summed E-state index contributed by atoms with van der Waals surface area (Å²) in [5.74, 6) is 1.32. The molecule has 0 unspecified atom stereocenters. The zero-order valence-electron chi connectivity index (χ0n) is 11.2. The Hall–Kier alpha value is -1.49. The highest BCUT2D eigenvalue weighted by molar-refractivity contribution is 7.80. The van der Waals surface area contributed by atoms with E-state index in [1.807, 2.05) is 18.2 Å². The summed E-state index contributed by atoms with van der Waals surface area (Å²) in [6, 6.07) is 10.6. The third-order valence-corrected chi connectivity index (χ3v) is 3.83. The summed E-state index contributed by atoms with van der Waals surface area (Å²) >= 11 is 16.8. The highest BCUT2D eigenvalue weighted by atomic mass is 35.5. The molecule has 0 bridgehead atoms. The molecule has 0 saturated carbocycles. The van der Waals surface area contributed by atoms with Gasteiger partial charge in [0.1, 0.15) is 23.1 Å². The number of rotatable bonds is 5. The summed E-state index contributed by atoms with van der Waals surface area (Å²) in [5.41, 5.74) is 7.24. The number of nitrogens with two attached hydrogens (primary N) is 1. The van der Waals surface area contributed by atoms with Crippen molar-refractivity contribution in [2.24, 2.45) is 5.73 Å². The average molecular weight is 342 g/mol. The SMILES string of the molecule is COc1ccc(C(N)=S)cc1COc1ccc(Cl)c(Cl)c1. The number of thiocarbonyl (C=S) groups is 1. The molecule has 21 heavy (non-hydrogen) atoms. The first-order valence-corrected chi connectivity index (χ1v) is 7.22. The molecule has 0 radical (unpaired) electrons. The Balaban J connectivity index is 2.19. The molecule has 0 aromatic heterocycles. The van der Waals surface area contributed by atoms with E-state index in [4.69, 9.17) is 50.6 Å². The summed E-state index contributed by atoms with van der Waals surface area (Å²) in [4.78, 5) is 0.327. The van der Waals surface area contributed by atoms with Crippen LogP contribution in [0, 0.1) is 0 Å². The number of benzene rings is 2. The van der Waals surface area contributed by atoms with Crippen LogP contribution in [0.1, 0.15) is 11.1 Å². The van der Waals surface area contributed by atoms with E-state index in [1.54, 1.807) is 25.3 Å². The maximum Gasteiger partial charge on any atom is 0.125 e. The number of ether oxygens (including phenoxy) is 2. The van der Waals surface area contributed by atoms with Crippen molar-refractivity contribution in [1.82, 2.24) is 0 Å². The van der Waals surface area contributed by atoms with Gasteiger partial charge in [-0.3, -0.25) is 0 Å². The molecule has 0 aliphatic rings. The smallest absolute Gasteiger partial charge is 0.125 e. The minimum absolute atomic E-state index is 0.303. The largest absolute Gasteiger partial charge is 0.496 e. The number of methoxy groups -OCH3 is 1. The molecule has 110 valence electrons. The predicted octanol–water partition coefficient (Wildman–Crippen LogP) is 4.22. The van der Waals surface area contributed by atoms with E-state index in [0.717, 1.165) is 11.1 Å². The Bertz CT molecular complexity index is 677. The van der Waals surface area contributed by atoms with Crippen LogP contribution >= 0.6 is 35.4 Å². The maximum absolute atomic E-state index is 5.95. The minimum Gasteiger partial charge on any atom is -0.496 e. The molecular weight excluding hydrogens is 329 g/mol. The minimum atomic E-state index is 0.303.